The molecular weight excluding hydrogens is 282 g/mol. The van der Waals surface area contributed by atoms with Crippen LogP contribution in [0.15, 0.2) is 71.7 Å². The molecule has 104 valence electrons. The highest BCUT2D eigenvalue weighted by atomic mass is 35.5. The lowest BCUT2D eigenvalue weighted by Crippen LogP contribution is -2.12. The summed E-state index contributed by atoms with van der Waals surface area (Å²) in [4.78, 5) is 12.0. The topological polar surface area (TPSA) is 22.0 Å². The molecular formula is C18H14ClNO. The van der Waals surface area contributed by atoms with E-state index in [0.717, 1.165) is 16.9 Å². The maximum absolute atomic E-state index is 12.0. The Bertz CT molecular complexity index is 837. The van der Waals surface area contributed by atoms with Gasteiger partial charge in [-0.3, -0.25) is 4.79 Å². The van der Waals surface area contributed by atoms with E-state index in [-0.39, 0.29) is 5.43 Å². The summed E-state index contributed by atoms with van der Waals surface area (Å²) in [5.74, 6) is 0. The Morgan fingerprint density at radius 2 is 1.57 bits per heavy atom. The molecule has 0 fully saturated rings. The van der Waals surface area contributed by atoms with Crippen molar-refractivity contribution in [3.63, 3.8) is 0 Å². The van der Waals surface area contributed by atoms with Gasteiger partial charge in [0.15, 0.2) is 5.43 Å². The summed E-state index contributed by atoms with van der Waals surface area (Å²) >= 11 is 6.31. The second kappa shape index (κ2) is 5.58. The standard InChI is InChI=1S/C18H14ClNO/c1-13-17(21)11-12-20(16-10-6-5-9-15(16)19)18(13)14-7-3-2-4-8-14/h2-12H,1H3. The van der Waals surface area contributed by atoms with Crippen molar-refractivity contribution in [2.75, 3.05) is 0 Å². The Hall–Kier alpha value is -2.32. The van der Waals surface area contributed by atoms with Crippen LogP contribution in [0.3, 0.4) is 0 Å². The van der Waals surface area contributed by atoms with Gasteiger partial charge in [-0.25, -0.2) is 0 Å². The summed E-state index contributed by atoms with van der Waals surface area (Å²) in [7, 11) is 0. The molecule has 0 spiro atoms. The predicted molar refractivity (Wildman–Crippen MR) is 87.2 cm³/mol. The minimum absolute atomic E-state index is 0.0251. The molecule has 0 aliphatic rings. The molecule has 3 aromatic rings. The molecule has 3 rings (SSSR count). The van der Waals surface area contributed by atoms with Crippen LogP contribution in [0.2, 0.25) is 5.02 Å². The highest BCUT2D eigenvalue weighted by Gasteiger charge is 2.12. The van der Waals surface area contributed by atoms with Gasteiger partial charge < -0.3 is 4.57 Å². The maximum atomic E-state index is 12.0. The van der Waals surface area contributed by atoms with E-state index >= 15 is 0 Å². The zero-order valence-electron chi connectivity index (χ0n) is 11.6. The first-order valence-electron chi connectivity index (χ1n) is 6.71. The second-order valence-electron chi connectivity index (χ2n) is 4.84. The lowest BCUT2D eigenvalue weighted by molar-refractivity contribution is 1.03. The zero-order valence-corrected chi connectivity index (χ0v) is 12.3. The smallest absolute Gasteiger partial charge is 0.185 e. The number of aromatic nitrogens is 1. The number of hydrogen-bond acceptors (Lipinski definition) is 1. The van der Waals surface area contributed by atoms with Gasteiger partial charge in [0, 0.05) is 17.8 Å². The van der Waals surface area contributed by atoms with Crippen molar-refractivity contribution < 1.29 is 0 Å². The van der Waals surface area contributed by atoms with Crippen molar-refractivity contribution in [2.24, 2.45) is 0 Å². The fourth-order valence-electron chi connectivity index (χ4n) is 2.44. The van der Waals surface area contributed by atoms with Gasteiger partial charge in [0.05, 0.1) is 16.4 Å². The Balaban J connectivity index is 2.35. The molecule has 0 aliphatic heterocycles. The van der Waals surface area contributed by atoms with E-state index in [1.165, 1.54) is 0 Å². The van der Waals surface area contributed by atoms with Crippen LogP contribution in [0.1, 0.15) is 5.56 Å². The largest absolute Gasteiger partial charge is 0.315 e. The highest BCUT2D eigenvalue weighted by Crippen LogP contribution is 2.28. The summed E-state index contributed by atoms with van der Waals surface area (Å²) in [6, 6.07) is 19.1. The summed E-state index contributed by atoms with van der Waals surface area (Å²) in [5, 5.41) is 0.651. The van der Waals surface area contributed by atoms with Gasteiger partial charge in [-0.15, -0.1) is 0 Å². The van der Waals surface area contributed by atoms with Crippen molar-refractivity contribution in [3.8, 4) is 16.9 Å². The lowest BCUT2D eigenvalue weighted by atomic mass is 10.1. The zero-order chi connectivity index (χ0) is 14.8. The normalized spacial score (nSPS) is 10.6. The third kappa shape index (κ3) is 2.50. The molecule has 1 aromatic heterocycles. The van der Waals surface area contributed by atoms with Crippen LogP contribution in [0.25, 0.3) is 16.9 Å². The number of rotatable bonds is 2. The molecule has 0 unspecified atom stereocenters. The van der Waals surface area contributed by atoms with Crippen LogP contribution >= 0.6 is 11.6 Å². The molecule has 0 atom stereocenters. The molecule has 0 bridgehead atoms. The van der Waals surface area contributed by atoms with Crippen molar-refractivity contribution in [2.45, 2.75) is 6.92 Å². The Labute approximate surface area is 128 Å². The molecule has 0 saturated carbocycles. The van der Waals surface area contributed by atoms with E-state index in [4.69, 9.17) is 11.6 Å². The number of pyridine rings is 1. The number of nitrogens with zero attached hydrogens (tertiary/aromatic N) is 1. The fraction of sp³-hybridized carbons (Fsp3) is 0.0556. The van der Waals surface area contributed by atoms with E-state index in [1.807, 2.05) is 66.1 Å². The van der Waals surface area contributed by atoms with Crippen LogP contribution in [0.4, 0.5) is 0 Å². The molecule has 21 heavy (non-hydrogen) atoms. The van der Waals surface area contributed by atoms with Crippen molar-refractivity contribution in [1.29, 1.82) is 0 Å². The van der Waals surface area contributed by atoms with Crippen LogP contribution in [-0.2, 0) is 0 Å². The molecule has 1 heterocycles. The summed E-state index contributed by atoms with van der Waals surface area (Å²) < 4.78 is 1.97. The SMILES string of the molecule is Cc1c(-c2ccccc2)n(-c2ccccc2Cl)ccc1=O. The first-order valence-corrected chi connectivity index (χ1v) is 7.09. The average Bonchev–Trinajstić information content (AvgIpc) is 2.51. The van der Waals surface area contributed by atoms with Crippen LogP contribution < -0.4 is 5.43 Å². The molecule has 0 amide bonds. The first kappa shape index (κ1) is 13.7. The minimum Gasteiger partial charge on any atom is -0.315 e. The van der Waals surface area contributed by atoms with Crippen molar-refractivity contribution in [1.82, 2.24) is 4.57 Å². The molecule has 0 saturated heterocycles. The van der Waals surface area contributed by atoms with Crippen LogP contribution in [0, 0.1) is 6.92 Å². The maximum Gasteiger partial charge on any atom is 0.185 e. The molecule has 0 aliphatic carbocycles. The summed E-state index contributed by atoms with van der Waals surface area (Å²) in [5.41, 5.74) is 3.46. The van der Waals surface area contributed by atoms with Crippen molar-refractivity contribution >= 4 is 11.6 Å². The first-order chi connectivity index (χ1) is 10.2. The van der Waals surface area contributed by atoms with E-state index < -0.39 is 0 Å². The van der Waals surface area contributed by atoms with E-state index in [0.29, 0.717) is 10.6 Å². The number of halogens is 1. The number of benzene rings is 2. The molecule has 3 heteroatoms. The monoisotopic (exact) mass is 295 g/mol. The Kier molecular flexibility index (Phi) is 3.63. The van der Waals surface area contributed by atoms with Gasteiger partial charge in [-0.05, 0) is 24.6 Å². The van der Waals surface area contributed by atoms with Gasteiger partial charge in [0.25, 0.3) is 0 Å². The van der Waals surface area contributed by atoms with Crippen molar-refractivity contribution in [3.05, 3.63) is 87.7 Å². The third-order valence-corrected chi connectivity index (χ3v) is 3.82. The molecule has 0 radical (unpaired) electrons. The van der Waals surface area contributed by atoms with Gasteiger partial charge in [0.2, 0.25) is 0 Å². The fourth-order valence-corrected chi connectivity index (χ4v) is 2.67. The van der Waals surface area contributed by atoms with Crippen LogP contribution in [0.5, 0.6) is 0 Å². The molecule has 0 N–H and O–H groups in total. The number of hydrogen-bond donors (Lipinski definition) is 0. The lowest BCUT2D eigenvalue weighted by Gasteiger charge is -2.17. The molecule has 2 aromatic carbocycles. The quantitative estimate of drug-likeness (QED) is 0.684. The van der Waals surface area contributed by atoms with E-state index in [2.05, 4.69) is 0 Å². The second-order valence-corrected chi connectivity index (χ2v) is 5.25. The highest BCUT2D eigenvalue weighted by molar-refractivity contribution is 6.32. The Morgan fingerprint density at radius 1 is 0.905 bits per heavy atom. The Morgan fingerprint density at radius 3 is 2.29 bits per heavy atom. The van der Waals surface area contributed by atoms with Gasteiger partial charge in [-0.1, -0.05) is 54.1 Å². The average molecular weight is 296 g/mol. The van der Waals surface area contributed by atoms with Gasteiger partial charge >= 0.3 is 0 Å². The predicted octanol–water partition coefficient (Wildman–Crippen LogP) is 4.47. The van der Waals surface area contributed by atoms with Gasteiger partial charge in [-0.2, -0.15) is 0 Å². The van der Waals surface area contributed by atoms with Gasteiger partial charge in [0.1, 0.15) is 0 Å². The molecule has 2 nitrogen and oxygen atoms in total. The number of para-hydroxylation sites is 1. The van der Waals surface area contributed by atoms with Crippen LogP contribution in [-0.4, -0.2) is 4.57 Å². The van der Waals surface area contributed by atoms with E-state index in [1.54, 1.807) is 12.3 Å². The summed E-state index contributed by atoms with van der Waals surface area (Å²) in [6.07, 6.45) is 1.78. The van der Waals surface area contributed by atoms with E-state index in [9.17, 15) is 4.79 Å². The minimum atomic E-state index is 0.0251. The summed E-state index contributed by atoms with van der Waals surface area (Å²) in [6.45, 7) is 1.85. The third-order valence-electron chi connectivity index (χ3n) is 3.50.